The van der Waals surface area contributed by atoms with Gasteiger partial charge in [0.05, 0.1) is 10.2 Å². The Morgan fingerprint density at radius 3 is 3.12 bits per heavy atom. The maximum absolute atomic E-state index is 11.6. The molecule has 0 aliphatic carbocycles. The molecular weight excluding hydrogens is 236 g/mol. The third kappa shape index (κ3) is 2.45. The standard InChI is InChI=1S/C12H12N2O2S/c1-2-5-13-11(16)8-14-6-3-10(15)12-9(14)4-7-17-12/h2-4,6-7H,1,5,8H2,(H,13,16). The minimum atomic E-state index is -0.0963. The summed E-state index contributed by atoms with van der Waals surface area (Å²) in [6.07, 6.45) is 3.27. The molecule has 4 nitrogen and oxygen atoms in total. The lowest BCUT2D eigenvalue weighted by molar-refractivity contribution is -0.121. The third-order valence-electron chi connectivity index (χ3n) is 2.34. The van der Waals surface area contributed by atoms with E-state index < -0.39 is 0 Å². The number of hydrogen-bond acceptors (Lipinski definition) is 3. The predicted molar refractivity (Wildman–Crippen MR) is 69.3 cm³/mol. The minimum Gasteiger partial charge on any atom is -0.351 e. The van der Waals surface area contributed by atoms with Gasteiger partial charge in [0.15, 0.2) is 5.43 Å². The summed E-state index contributed by atoms with van der Waals surface area (Å²) in [4.78, 5) is 23.1. The van der Waals surface area contributed by atoms with E-state index in [9.17, 15) is 9.59 Å². The van der Waals surface area contributed by atoms with Crippen LogP contribution in [0.2, 0.25) is 0 Å². The lowest BCUT2D eigenvalue weighted by atomic mass is 10.3. The second-order valence-electron chi connectivity index (χ2n) is 3.54. The summed E-state index contributed by atoms with van der Waals surface area (Å²) in [5.74, 6) is -0.0963. The molecule has 0 saturated carbocycles. The highest BCUT2D eigenvalue weighted by molar-refractivity contribution is 7.17. The van der Waals surface area contributed by atoms with E-state index in [1.807, 2.05) is 11.4 Å². The van der Waals surface area contributed by atoms with Crippen molar-refractivity contribution in [3.8, 4) is 0 Å². The van der Waals surface area contributed by atoms with Crippen molar-refractivity contribution < 1.29 is 4.79 Å². The van der Waals surface area contributed by atoms with E-state index in [0.29, 0.717) is 11.2 Å². The van der Waals surface area contributed by atoms with Crippen LogP contribution in [0.25, 0.3) is 10.2 Å². The SMILES string of the molecule is C=CCNC(=O)Cn1ccc(=O)c2sccc21. The smallest absolute Gasteiger partial charge is 0.240 e. The molecule has 2 aromatic heterocycles. The van der Waals surface area contributed by atoms with Gasteiger partial charge >= 0.3 is 0 Å². The maximum Gasteiger partial charge on any atom is 0.240 e. The van der Waals surface area contributed by atoms with Gasteiger partial charge in [-0.05, 0) is 11.4 Å². The second-order valence-corrected chi connectivity index (χ2v) is 4.45. The molecule has 0 aliphatic rings. The van der Waals surface area contributed by atoms with Crippen LogP contribution in [0.15, 0.2) is 41.2 Å². The molecule has 0 saturated heterocycles. The maximum atomic E-state index is 11.6. The van der Waals surface area contributed by atoms with E-state index in [2.05, 4.69) is 11.9 Å². The molecule has 0 spiro atoms. The van der Waals surface area contributed by atoms with E-state index in [4.69, 9.17) is 0 Å². The van der Waals surface area contributed by atoms with Gasteiger partial charge in [-0.25, -0.2) is 0 Å². The number of aromatic nitrogens is 1. The van der Waals surface area contributed by atoms with Crippen LogP contribution in [0, 0.1) is 0 Å². The first-order valence-electron chi connectivity index (χ1n) is 5.16. The first kappa shape index (κ1) is 11.6. The number of pyridine rings is 1. The summed E-state index contributed by atoms with van der Waals surface area (Å²) in [5.41, 5.74) is 0.800. The molecule has 1 amide bonds. The fourth-order valence-electron chi connectivity index (χ4n) is 1.56. The lowest BCUT2D eigenvalue weighted by Gasteiger charge is -2.07. The van der Waals surface area contributed by atoms with Crippen molar-refractivity contribution in [2.24, 2.45) is 0 Å². The Hall–Kier alpha value is -1.88. The Balaban J connectivity index is 2.27. The normalized spacial score (nSPS) is 10.4. The van der Waals surface area contributed by atoms with E-state index in [0.717, 1.165) is 5.52 Å². The van der Waals surface area contributed by atoms with Gasteiger partial charge in [0.25, 0.3) is 0 Å². The average molecular weight is 248 g/mol. The highest BCUT2D eigenvalue weighted by Crippen LogP contribution is 2.16. The van der Waals surface area contributed by atoms with Crippen LogP contribution in [-0.4, -0.2) is 17.0 Å². The summed E-state index contributed by atoms with van der Waals surface area (Å²) in [7, 11) is 0. The summed E-state index contributed by atoms with van der Waals surface area (Å²) < 4.78 is 2.45. The van der Waals surface area contributed by atoms with E-state index in [1.165, 1.54) is 17.4 Å². The topological polar surface area (TPSA) is 51.1 Å². The summed E-state index contributed by atoms with van der Waals surface area (Å²) in [5, 5.41) is 4.55. The van der Waals surface area contributed by atoms with Crippen LogP contribution < -0.4 is 10.7 Å². The van der Waals surface area contributed by atoms with Crippen molar-refractivity contribution in [2.75, 3.05) is 6.54 Å². The zero-order valence-electron chi connectivity index (χ0n) is 9.18. The average Bonchev–Trinajstić information content (AvgIpc) is 2.80. The molecule has 0 unspecified atom stereocenters. The molecule has 0 atom stereocenters. The zero-order chi connectivity index (χ0) is 12.3. The Morgan fingerprint density at radius 1 is 1.53 bits per heavy atom. The number of rotatable bonds is 4. The van der Waals surface area contributed by atoms with Crippen LogP contribution in [0.4, 0.5) is 0 Å². The van der Waals surface area contributed by atoms with E-state index in [1.54, 1.807) is 16.8 Å². The monoisotopic (exact) mass is 248 g/mol. The van der Waals surface area contributed by atoms with Crippen molar-refractivity contribution >= 4 is 27.5 Å². The highest BCUT2D eigenvalue weighted by Gasteiger charge is 2.06. The van der Waals surface area contributed by atoms with Crippen LogP contribution in [0.3, 0.4) is 0 Å². The van der Waals surface area contributed by atoms with Crippen LogP contribution in [0.5, 0.6) is 0 Å². The number of carbonyl (C=O) groups is 1. The quantitative estimate of drug-likeness (QED) is 0.831. The molecule has 0 bridgehead atoms. The van der Waals surface area contributed by atoms with Crippen molar-refractivity contribution in [2.45, 2.75) is 6.54 Å². The number of hydrogen-bond donors (Lipinski definition) is 1. The zero-order valence-corrected chi connectivity index (χ0v) is 10.00. The highest BCUT2D eigenvalue weighted by atomic mass is 32.1. The number of amides is 1. The molecular formula is C12H12N2O2S. The Labute approximate surface area is 102 Å². The Kier molecular flexibility index (Phi) is 3.39. The first-order chi connectivity index (χ1) is 8.22. The summed E-state index contributed by atoms with van der Waals surface area (Å²) in [6, 6.07) is 3.34. The molecule has 1 N–H and O–H groups in total. The van der Waals surface area contributed by atoms with Gasteiger partial charge in [-0.3, -0.25) is 9.59 Å². The molecule has 0 aliphatic heterocycles. The fraction of sp³-hybridized carbons (Fsp3) is 0.167. The first-order valence-corrected chi connectivity index (χ1v) is 6.04. The van der Waals surface area contributed by atoms with Crippen molar-refractivity contribution in [3.05, 3.63) is 46.6 Å². The van der Waals surface area contributed by atoms with Crippen LogP contribution >= 0.6 is 11.3 Å². The van der Waals surface area contributed by atoms with Gasteiger partial charge in [0.2, 0.25) is 5.91 Å². The van der Waals surface area contributed by atoms with Gasteiger partial charge in [-0.1, -0.05) is 6.08 Å². The van der Waals surface area contributed by atoms with E-state index in [-0.39, 0.29) is 17.9 Å². The molecule has 0 aromatic carbocycles. The van der Waals surface area contributed by atoms with Crippen LogP contribution in [0.1, 0.15) is 0 Å². The summed E-state index contributed by atoms with van der Waals surface area (Å²) in [6.45, 7) is 4.19. The number of fused-ring (bicyclic) bond motifs is 1. The molecule has 5 heteroatoms. The second kappa shape index (κ2) is 4.97. The molecule has 0 fully saturated rings. The molecule has 17 heavy (non-hydrogen) atoms. The summed E-state index contributed by atoms with van der Waals surface area (Å²) >= 11 is 1.39. The fourth-order valence-corrected chi connectivity index (χ4v) is 2.38. The number of thiophene rings is 1. The van der Waals surface area contributed by atoms with Crippen molar-refractivity contribution in [1.82, 2.24) is 9.88 Å². The predicted octanol–water partition coefficient (Wildman–Crippen LogP) is 1.37. The lowest BCUT2D eigenvalue weighted by Crippen LogP contribution is -2.27. The van der Waals surface area contributed by atoms with Crippen LogP contribution in [-0.2, 0) is 11.3 Å². The third-order valence-corrected chi connectivity index (χ3v) is 3.26. The number of nitrogens with one attached hydrogen (secondary N) is 1. The van der Waals surface area contributed by atoms with Gasteiger partial charge in [0, 0.05) is 18.8 Å². The molecule has 2 aromatic rings. The van der Waals surface area contributed by atoms with Gasteiger partial charge in [0.1, 0.15) is 6.54 Å². The number of nitrogens with zero attached hydrogens (tertiary/aromatic N) is 1. The molecule has 0 radical (unpaired) electrons. The molecule has 2 heterocycles. The minimum absolute atomic E-state index is 0.00208. The largest absolute Gasteiger partial charge is 0.351 e. The van der Waals surface area contributed by atoms with Gasteiger partial charge < -0.3 is 9.88 Å². The molecule has 2 rings (SSSR count). The number of carbonyl (C=O) groups excluding carboxylic acids is 1. The van der Waals surface area contributed by atoms with Gasteiger partial charge in [-0.15, -0.1) is 17.9 Å². The van der Waals surface area contributed by atoms with Crippen molar-refractivity contribution in [3.63, 3.8) is 0 Å². The molecule has 88 valence electrons. The van der Waals surface area contributed by atoms with E-state index >= 15 is 0 Å². The van der Waals surface area contributed by atoms with Gasteiger partial charge in [-0.2, -0.15) is 0 Å². The van der Waals surface area contributed by atoms with Crippen molar-refractivity contribution in [1.29, 1.82) is 0 Å². The Bertz CT molecular complexity index is 612. The Morgan fingerprint density at radius 2 is 2.35 bits per heavy atom.